The number of hydrogen-bond donors (Lipinski definition) is 1. The van der Waals surface area contributed by atoms with Crippen molar-refractivity contribution in [3.8, 4) is 0 Å². The van der Waals surface area contributed by atoms with Crippen molar-refractivity contribution in [3.63, 3.8) is 0 Å². The van der Waals surface area contributed by atoms with E-state index in [0.29, 0.717) is 5.92 Å². The summed E-state index contributed by atoms with van der Waals surface area (Å²) >= 11 is 6.36. The first-order valence-corrected chi connectivity index (χ1v) is 7.54. The molecule has 1 aromatic carbocycles. The molecule has 1 aromatic heterocycles. The number of aromatic nitrogens is 2. The van der Waals surface area contributed by atoms with Crippen LogP contribution in [0.15, 0.2) is 36.5 Å². The maximum absolute atomic E-state index is 6.36. The largest absolute Gasteiger partial charge is 0.311 e. The molecule has 0 amide bonds. The van der Waals surface area contributed by atoms with Crippen LogP contribution in [0.5, 0.6) is 0 Å². The molecule has 0 fully saturated rings. The molecule has 2 atom stereocenters. The summed E-state index contributed by atoms with van der Waals surface area (Å²) in [7, 11) is 1.99. The fourth-order valence-corrected chi connectivity index (χ4v) is 3.08. The van der Waals surface area contributed by atoms with Crippen LogP contribution in [-0.2, 0) is 6.54 Å². The Bertz CT molecular complexity index is 536. The monoisotopic (exact) mass is 291 g/mol. The van der Waals surface area contributed by atoms with Gasteiger partial charge in [0, 0.05) is 12.5 Å². The minimum absolute atomic E-state index is 0.164. The summed E-state index contributed by atoms with van der Waals surface area (Å²) in [6, 6.07) is 10.7. The normalized spacial score (nSPS) is 14.2. The molecule has 2 aromatic rings. The van der Waals surface area contributed by atoms with Crippen LogP contribution < -0.4 is 5.32 Å². The van der Waals surface area contributed by atoms with Gasteiger partial charge in [0.2, 0.25) is 0 Å². The molecule has 0 radical (unpaired) electrons. The number of hydrogen-bond acceptors (Lipinski definition) is 2. The first-order chi connectivity index (χ1) is 9.72. The zero-order valence-electron chi connectivity index (χ0n) is 12.3. The van der Waals surface area contributed by atoms with E-state index in [4.69, 9.17) is 11.6 Å². The molecule has 3 nitrogen and oxygen atoms in total. The van der Waals surface area contributed by atoms with Gasteiger partial charge in [0.15, 0.2) is 0 Å². The maximum atomic E-state index is 6.36. The summed E-state index contributed by atoms with van der Waals surface area (Å²) < 4.78 is 1.98. The second kappa shape index (κ2) is 6.91. The molecule has 108 valence electrons. The van der Waals surface area contributed by atoms with Gasteiger partial charge >= 0.3 is 0 Å². The van der Waals surface area contributed by atoms with Crippen LogP contribution in [0, 0.1) is 0 Å². The molecular formula is C16H22ClN3. The van der Waals surface area contributed by atoms with Crippen LogP contribution in [0.25, 0.3) is 0 Å². The van der Waals surface area contributed by atoms with Gasteiger partial charge in [-0.15, -0.1) is 0 Å². The summed E-state index contributed by atoms with van der Waals surface area (Å²) in [6.45, 7) is 5.12. The van der Waals surface area contributed by atoms with Gasteiger partial charge in [-0.05, 0) is 26.0 Å². The topological polar surface area (TPSA) is 29.9 Å². The summed E-state index contributed by atoms with van der Waals surface area (Å²) in [6.07, 6.45) is 2.78. The Morgan fingerprint density at radius 3 is 2.50 bits per heavy atom. The molecule has 2 unspecified atom stereocenters. The Labute approximate surface area is 126 Å². The van der Waals surface area contributed by atoms with E-state index < -0.39 is 0 Å². The quantitative estimate of drug-likeness (QED) is 0.871. The molecule has 20 heavy (non-hydrogen) atoms. The highest BCUT2D eigenvalue weighted by Crippen LogP contribution is 2.36. The van der Waals surface area contributed by atoms with Gasteiger partial charge in [-0.25, -0.2) is 0 Å². The van der Waals surface area contributed by atoms with Crippen molar-refractivity contribution in [2.75, 3.05) is 7.05 Å². The lowest BCUT2D eigenvalue weighted by Crippen LogP contribution is -2.26. The van der Waals surface area contributed by atoms with Crippen LogP contribution in [0.4, 0.5) is 0 Å². The van der Waals surface area contributed by atoms with Crippen LogP contribution in [-0.4, -0.2) is 16.8 Å². The number of nitrogens with one attached hydrogen (secondary N) is 1. The Kier molecular flexibility index (Phi) is 5.21. The molecular weight excluding hydrogens is 270 g/mol. The highest BCUT2D eigenvalue weighted by atomic mass is 35.5. The van der Waals surface area contributed by atoms with Gasteiger partial charge in [0.25, 0.3) is 0 Å². The average molecular weight is 292 g/mol. The predicted octanol–water partition coefficient (Wildman–Crippen LogP) is 4.01. The number of nitrogens with zero attached hydrogens (tertiary/aromatic N) is 2. The molecule has 0 aliphatic heterocycles. The van der Waals surface area contributed by atoms with E-state index in [-0.39, 0.29) is 6.04 Å². The Hall–Kier alpha value is -1.32. The molecule has 1 heterocycles. The maximum Gasteiger partial charge on any atom is 0.0834 e. The molecule has 4 heteroatoms. The Balaban J connectivity index is 2.42. The minimum atomic E-state index is 0.164. The second-order valence-electron chi connectivity index (χ2n) is 4.89. The van der Waals surface area contributed by atoms with Crippen LogP contribution in [0.1, 0.15) is 43.5 Å². The molecule has 0 saturated carbocycles. The van der Waals surface area contributed by atoms with Gasteiger partial charge in [-0.2, -0.15) is 5.10 Å². The molecule has 0 bridgehead atoms. The van der Waals surface area contributed by atoms with Gasteiger partial charge in [-0.3, -0.25) is 4.68 Å². The fraction of sp³-hybridized carbons (Fsp3) is 0.438. The van der Waals surface area contributed by atoms with E-state index in [1.807, 2.05) is 17.8 Å². The van der Waals surface area contributed by atoms with E-state index in [0.717, 1.165) is 23.7 Å². The third-order valence-electron chi connectivity index (χ3n) is 3.81. The highest BCUT2D eigenvalue weighted by Gasteiger charge is 2.27. The van der Waals surface area contributed by atoms with Gasteiger partial charge in [0.1, 0.15) is 0 Å². The number of halogens is 1. The van der Waals surface area contributed by atoms with Crippen molar-refractivity contribution in [3.05, 3.63) is 52.8 Å². The van der Waals surface area contributed by atoms with Gasteiger partial charge in [-0.1, -0.05) is 48.9 Å². The van der Waals surface area contributed by atoms with Crippen molar-refractivity contribution >= 4 is 11.6 Å². The van der Waals surface area contributed by atoms with Crippen molar-refractivity contribution in [1.82, 2.24) is 15.1 Å². The lowest BCUT2D eigenvalue weighted by molar-refractivity contribution is 0.431. The first-order valence-electron chi connectivity index (χ1n) is 7.16. The summed E-state index contributed by atoms with van der Waals surface area (Å²) in [4.78, 5) is 0. The summed E-state index contributed by atoms with van der Waals surface area (Å²) in [5.74, 6) is 0.376. The molecule has 0 saturated heterocycles. The molecule has 2 rings (SSSR count). The van der Waals surface area contributed by atoms with E-state index in [2.05, 4.69) is 48.5 Å². The lowest BCUT2D eigenvalue weighted by Gasteiger charge is -2.27. The van der Waals surface area contributed by atoms with Crippen molar-refractivity contribution in [2.45, 2.75) is 38.8 Å². The zero-order valence-corrected chi connectivity index (χ0v) is 13.1. The highest BCUT2D eigenvalue weighted by molar-refractivity contribution is 6.31. The number of rotatable bonds is 6. The van der Waals surface area contributed by atoms with Crippen molar-refractivity contribution in [2.24, 2.45) is 0 Å². The second-order valence-corrected chi connectivity index (χ2v) is 5.29. The standard InChI is InChI=1S/C16H22ClN3/c1-4-13(12-9-7-6-8-10-12)15(18-3)16-14(17)11-19-20(16)5-2/h6-11,13,15,18H,4-5H2,1-3H3. The number of benzene rings is 1. The molecule has 0 spiro atoms. The lowest BCUT2D eigenvalue weighted by atomic mass is 9.87. The van der Waals surface area contributed by atoms with Crippen molar-refractivity contribution in [1.29, 1.82) is 0 Å². The molecule has 1 N–H and O–H groups in total. The summed E-state index contributed by atoms with van der Waals surface area (Å²) in [5.41, 5.74) is 2.40. The zero-order chi connectivity index (χ0) is 14.5. The third-order valence-corrected chi connectivity index (χ3v) is 4.10. The third kappa shape index (κ3) is 2.89. The Morgan fingerprint density at radius 1 is 1.25 bits per heavy atom. The smallest absolute Gasteiger partial charge is 0.0834 e. The average Bonchev–Trinajstić information content (AvgIpc) is 2.86. The number of likely N-dealkylation sites (N-methyl/N-ethyl adjacent to an activating group) is 1. The van der Waals surface area contributed by atoms with E-state index in [1.165, 1.54) is 5.56 Å². The minimum Gasteiger partial charge on any atom is -0.311 e. The fourth-order valence-electron chi connectivity index (χ4n) is 2.83. The molecule has 0 aliphatic carbocycles. The first kappa shape index (κ1) is 15.1. The van der Waals surface area contributed by atoms with E-state index in [9.17, 15) is 0 Å². The van der Waals surface area contributed by atoms with E-state index >= 15 is 0 Å². The van der Waals surface area contributed by atoms with Gasteiger partial charge in [0.05, 0.1) is 23.0 Å². The van der Waals surface area contributed by atoms with Crippen molar-refractivity contribution < 1.29 is 0 Å². The van der Waals surface area contributed by atoms with Gasteiger partial charge < -0.3 is 5.32 Å². The SMILES string of the molecule is CCC(c1ccccc1)C(NC)c1c(Cl)cnn1CC. The number of aryl methyl sites for hydroxylation is 1. The Morgan fingerprint density at radius 2 is 1.95 bits per heavy atom. The predicted molar refractivity (Wildman–Crippen MR) is 84.2 cm³/mol. The molecule has 0 aliphatic rings. The van der Waals surface area contributed by atoms with Crippen LogP contribution >= 0.6 is 11.6 Å². The summed E-state index contributed by atoms with van der Waals surface area (Å²) in [5, 5.41) is 8.52. The van der Waals surface area contributed by atoms with Crippen LogP contribution in [0.3, 0.4) is 0 Å². The van der Waals surface area contributed by atoms with E-state index in [1.54, 1.807) is 6.20 Å². The van der Waals surface area contributed by atoms with Crippen LogP contribution in [0.2, 0.25) is 5.02 Å².